The van der Waals surface area contributed by atoms with Crippen molar-refractivity contribution in [3.05, 3.63) is 77.4 Å². The quantitative estimate of drug-likeness (QED) is 0.155. The third kappa shape index (κ3) is 6.01. The van der Waals surface area contributed by atoms with Gasteiger partial charge in [0.05, 0.1) is 11.0 Å². The summed E-state index contributed by atoms with van der Waals surface area (Å²) >= 11 is 0. The van der Waals surface area contributed by atoms with Crippen LogP contribution in [0.2, 0.25) is 0 Å². The van der Waals surface area contributed by atoms with Gasteiger partial charge in [-0.3, -0.25) is 0 Å². The molecule has 1 N–H and O–H groups in total. The molecule has 0 saturated heterocycles. The average molecular weight is 521 g/mol. The molecule has 0 saturated carbocycles. The number of unbranched alkanes of at least 4 members (excludes halogenated alkanes) is 10. The first-order chi connectivity index (χ1) is 19.2. The number of benzene rings is 3. The average Bonchev–Trinajstić information content (AvgIpc) is 3.49. The first-order valence-corrected chi connectivity index (χ1v) is 15.9. The monoisotopic (exact) mass is 520 g/mol. The molecule has 0 bridgehead atoms. The Bertz CT molecular complexity index is 1330. The molecule has 0 amide bonds. The summed E-state index contributed by atoms with van der Waals surface area (Å²) in [7, 11) is 0. The highest BCUT2D eigenvalue weighted by Crippen LogP contribution is 2.55. The van der Waals surface area contributed by atoms with Crippen LogP contribution in [0, 0.1) is 6.92 Å². The van der Waals surface area contributed by atoms with E-state index in [0.717, 1.165) is 16.9 Å². The molecule has 39 heavy (non-hydrogen) atoms. The minimum atomic E-state index is 0.116. The molecule has 2 nitrogen and oxygen atoms in total. The van der Waals surface area contributed by atoms with Crippen LogP contribution in [0.1, 0.15) is 120 Å². The number of hydrogen-bond donors (Lipinski definition) is 1. The SMILES string of the molecule is CCCCCCCCC1(CCCCCCCC)c2ccccc2-c2cc3nc(-c4ccc(C)cc4)[nH]c3cc21. The predicted molar refractivity (Wildman–Crippen MR) is 168 cm³/mol. The maximum absolute atomic E-state index is 5.06. The summed E-state index contributed by atoms with van der Waals surface area (Å²) in [5, 5.41) is 0. The summed E-state index contributed by atoms with van der Waals surface area (Å²) in [5.41, 5.74) is 10.8. The van der Waals surface area contributed by atoms with E-state index in [9.17, 15) is 0 Å². The van der Waals surface area contributed by atoms with Crippen LogP contribution in [0.3, 0.4) is 0 Å². The standard InChI is InChI=1S/C37H48N2/c1-4-6-8-10-12-16-24-37(25-17-13-11-9-7-5-2)32-19-15-14-18-30(32)31-26-34-35(27-33(31)37)39-36(38-34)29-22-20-28(3)21-23-29/h14-15,18-23,26-27H,4-13,16-17,24-25H2,1-3H3,(H,38,39). The number of rotatable bonds is 15. The van der Waals surface area contributed by atoms with Crippen LogP contribution < -0.4 is 0 Å². The third-order valence-corrected chi connectivity index (χ3v) is 9.11. The Balaban J connectivity index is 1.49. The molecule has 0 spiro atoms. The summed E-state index contributed by atoms with van der Waals surface area (Å²) in [6.07, 6.45) is 18.7. The summed E-state index contributed by atoms with van der Waals surface area (Å²) in [4.78, 5) is 8.76. The lowest BCUT2D eigenvalue weighted by Gasteiger charge is -2.33. The van der Waals surface area contributed by atoms with Crippen molar-refractivity contribution in [1.29, 1.82) is 0 Å². The van der Waals surface area contributed by atoms with Gasteiger partial charge in [0.1, 0.15) is 5.82 Å². The zero-order valence-corrected chi connectivity index (χ0v) is 24.6. The number of aromatic amines is 1. The second-order valence-corrected chi connectivity index (χ2v) is 12.0. The Morgan fingerprint density at radius 1 is 0.641 bits per heavy atom. The Hall–Kier alpha value is -2.87. The van der Waals surface area contributed by atoms with E-state index >= 15 is 0 Å². The predicted octanol–water partition coefficient (Wildman–Crippen LogP) is 11.3. The largest absolute Gasteiger partial charge is 0.338 e. The van der Waals surface area contributed by atoms with E-state index in [1.165, 1.54) is 118 Å². The number of aryl methyl sites for hydroxylation is 1. The molecular formula is C37H48N2. The maximum Gasteiger partial charge on any atom is 0.138 e. The fourth-order valence-corrected chi connectivity index (χ4v) is 6.88. The molecule has 2 heteroatoms. The Morgan fingerprint density at radius 3 is 1.92 bits per heavy atom. The van der Waals surface area contributed by atoms with Gasteiger partial charge in [0.2, 0.25) is 0 Å². The van der Waals surface area contributed by atoms with E-state index in [4.69, 9.17) is 4.98 Å². The van der Waals surface area contributed by atoms with Crippen LogP contribution in [0.5, 0.6) is 0 Å². The van der Waals surface area contributed by atoms with E-state index in [2.05, 4.69) is 86.4 Å². The van der Waals surface area contributed by atoms with Crippen LogP contribution in [-0.4, -0.2) is 9.97 Å². The van der Waals surface area contributed by atoms with Gasteiger partial charge in [-0.25, -0.2) is 4.98 Å². The molecule has 3 aromatic carbocycles. The van der Waals surface area contributed by atoms with Crippen molar-refractivity contribution in [3.8, 4) is 22.5 Å². The molecule has 1 aliphatic rings. The van der Waals surface area contributed by atoms with Gasteiger partial charge < -0.3 is 4.98 Å². The lowest BCUT2D eigenvalue weighted by atomic mass is 9.70. The number of nitrogens with one attached hydrogen (secondary N) is 1. The molecule has 0 atom stereocenters. The number of H-pyrrole nitrogens is 1. The third-order valence-electron chi connectivity index (χ3n) is 9.11. The Morgan fingerprint density at radius 2 is 1.26 bits per heavy atom. The zero-order valence-electron chi connectivity index (χ0n) is 24.6. The van der Waals surface area contributed by atoms with Gasteiger partial charge >= 0.3 is 0 Å². The van der Waals surface area contributed by atoms with Crippen molar-refractivity contribution in [1.82, 2.24) is 9.97 Å². The zero-order chi connectivity index (χ0) is 27.1. The smallest absolute Gasteiger partial charge is 0.138 e. The number of nitrogens with zero attached hydrogens (tertiary/aromatic N) is 1. The van der Waals surface area contributed by atoms with Crippen molar-refractivity contribution in [2.24, 2.45) is 0 Å². The fraction of sp³-hybridized carbons (Fsp3) is 0.486. The van der Waals surface area contributed by atoms with Gasteiger partial charge in [0.15, 0.2) is 0 Å². The van der Waals surface area contributed by atoms with Crippen LogP contribution >= 0.6 is 0 Å². The van der Waals surface area contributed by atoms with Crippen molar-refractivity contribution in [2.75, 3.05) is 0 Å². The molecular weight excluding hydrogens is 472 g/mol. The highest BCUT2D eigenvalue weighted by atomic mass is 14.9. The summed E-state index contributed by atoms with van der Waals surface area (Å²) < 4.78 is 0. The molecule has 1 heterocycles. The van der Waals surface area contributed by atoms with E-state index in [1.807, 2.05) is 0 Å². The van der Waals surface area contributed by atoms with Gasteiger partial charge in [-0.15, -0.1) is 0 Å². The van der Waals surface area contributed by atoms with Crippen molar-refractivity contribution >= 4 is 11.0 Å². The molecule has 0 unspecified atom stereocenters. The Kier molecular flexibility index (Phi) is 9.22. The first kappa shape index (κ1) is 27.7. The topological polar surface area (TPSA) is 28.7 Å². The maximum atomic E-state index is 5.06. The molecule has 0 fully saturated rings. The van der Waals surface area contributed by atoms with Gasteiger partial charge in [-0.05, 0) is 54.2 Å². The molecule has 1 aliphatic carbocycles. The fourth-order valence-electron chi connectivity index (χ4n) is 6.88. The second-order valence-electron chi connectivity index (χ2n) is 12.0. The van der Waals surface area contributed by atoms with E-state index in [1.54, 1.807) is 5.56 Å². The molecule has 0 aliphatic heterocycles. The van der Waals surface area contributed by atoms with Gasteiger partial charge in [0, 0.05) is 11.0 Å². The lowest BCUT2D eigenvalue weighted by Crippen LogP contribution is -2.25. The van der Waals surface area contributed by atoms with Crippen LogP contribution in [0.15, 0.2) is 60.7 Å². The molecule has 0 radical (unpaired) electrons. The van der Waals surface area contributed by atoms with Crippen LogP contribution in [0.25, 0.3) is 33.5 Å². The first-order valence-electron chi connectivity index (χ1n) is 15.9. The van der Waals surface area contributed by atoms with Gasteiger partial charge in [-0.1, -0.05) is 145 Å². The minimum absolute atomic E-state index is 0.116. The minimum Gasteiger partial charge on any atom is -0.338 e. The molecule has 1 aromatic heterocycles. The van der Waals surface area contributed by atoms with Crippen LogP contribution in [0.4, 0.5) is 0 Å². The second kappa shape index (κ2) is 13.0. The normalized spacial score (nSPS) is 13.6. The highest BCUT2D eigenvalue weighted by molar-refractivity contribution is 5.91. The lowest BCUT2D eigenvalue weighted by molar-refractivity contribution is 0.398. The van der Waals surface area contributed by atoms with Crippen molar-refractivity contribution < 1.29 is 0 Å². The number of imidazole rings is 1. The van der Waals surface area contributed by atoms with Crippen molar-refractivity contribution in [3.63, 3.8) is 0 Å². The van der Waals surface area contributed by atoms with E-state index in [-0.39, 0.29) is 5.41 Å². The summed E-state index contributed by atoms with van der Waals surface area (Å²) in [5.74, 6) is 0.972. The molecule has 4 aromatic rings. The van der Waals surface area contributed by atoms with Gasteiger partial charge in [0.25, 0.3) is 0 Å². The summed E-state index contributed by atoms with van der Waals surface area (Å²) in [6, 6.07) is 22.8. The molecule has 206 valence electrons. The highest BCUT2D eigenvalue weighted by Gasteiger charge is 2.42. The summed E-state index contributed by atoms with van der Waals surface area (Å²) in [6.45, 7) is 6.75. The van der Waals surface area contributed by atoms with Crippen molar-refractivity contribution in [2.45, 2.75) is 116 Å². The number of hydrogen-bond acceptors (Lipinski definition) is 1. The van der Waals surface area contributed by atoms with Gasteiger partial charge in [-0.2, -0.15) is 0 Å². The Labute approximate surface area is 236 Å². The molecule has 5 rings (SSSR count). The van der Waals surface area contributed by atoms with Crippen LogP contribution in [-0.2, 0) is 5.41 Å². The van der Waals surface area contributed by atoms with E-state index in [0.29, 0.717) is 0 Å². The number of fused-ring (bicyclic) bond motifs is 4. The van der Waals surface area contributed by atoms with E-state index < -0.39 is 0 Å². The number of aromatic nitrogens is 2.